The van der Waals surface area contributed by atoms with E-state index in [1.165, 1.54) is 0 Å². The van der Waals surface area contributed by atoms with Gasteiger partial charge in [-0.05, 0) is 30.5 Å². The van der Waals surface area contributed by atoms with Crippen LogP contribution < -0.4 is 10.7 Å². The van der Waals surface area contributed by atoms with E-state index in [0.717, 1.165) is 29.8 Å². The highest BCUT2D eigenvalue weighted by Crippen LogP contribution is 2.45. The van der Waals surface area contributed by atoms with Gasteiger partial charge in [-0.25, -0.2) is 5.43 Å². The van der Waals surface area contributed by atoms with Crippen LogP contribution in [0.4, 0.5) is 5.69 Å². The Balaban J connectivity index is 1.68. The lowest BCUT2D eigenvalue weighted by Gasteiger charge is -2.13. The van der Waals surface area contributed by atoms with Crippen LogP contribution in [-0.2, 0) is 9.59 Å². The third-order valence-corrected chi connectivity index (χ3v) is 3.93. The molecule has 3 rings (SSSR count). The van der Waals surface area contributed by atoms with Gasteiger partial charge in [-0.3, -0.25) is 9.59 Å². The molecule has 1 aromatic carbocycles. The zero-order chi connectivity index (χ0) is 14.2. The normalized spacial score (nSPS) is 19.9. The molecule has 104 valence electrons. The van der Waals surface area contributed by atoms with Crippen molar-refractivity contribution in [3.05, 3.63) is 29.8 Å². The molecule has 0 aromatic heterocycles. The lowest BCUT2D eigenvalue weighted by molar-refractivity contribution is -0.121. The molecule has 5 heteroatoms. The molecule has 1 fully saturated rings. The molecule has 2 amide bonds. The number of hydrogen-bond donors (Lipinski definition) is 2. The lowest BCUT2D eigenvalue weighted by atomic mass is 10.0. The Morgan fingerprint density at radius 1 is 1.25 bits per heavy atom. The highest BCUT2D eigenvalue weighted by atomic mass is 16.2. The minimum atomic E-state index is -0.170. The first kappa shape index (κ1) is 12.8. The Labute approximate surface area is 117 Å². The molecule has 2 N–H and O–H groups in total. The molecule has 1 heterocycles. The zero-order valence-corrected chi connectivity index (χ0v) is 11.4. The molecule has 0 unspecified atom stereocenters. The Morgan fingerprint density at radius 2 is 1.95 bits per heavy atom. The van der Waals surface area contributed by atoms with Crippen LogP contribution in [0.1, 0.15) is 38.2 Å². The number of anilines is 1. The molecule has 1 aromatic rings. The second kappa shape index (κ2) is 4.74. The quantitative estimate of drug-likeness (QED) is 0.883. The molecule has 1 aliphatic heterocycles. The van der Waals surface area contributed by atoms with Crippen LogP contribution in [0.5, 0.6) is 0 Å². The van der Waals surface area contributed by atoms with Crippen molar-refractivity contribution in [2.24, 2.45) is 10.5 Å². The average Bonchev–Trinajstić information content (AvgIpc) is 3.20. The standard InChI is InChI=1S/C15H17N3O2/c1-15(8-9-15)14(20)16-11-4-2-10(3-5-11)12-6-7-13(19)18-17-12/h2-5H,6-9H2,1H3,(H,16,20)(H,18,19). The predicted molar refractivity (Wildman–Crippen MR) is 76.3 cm³/mol. The monoisotopic (exact) mass is 271 g/mol. The number of hydrogen-bond acceptors (Lipinski definition) is 3. The van der Waals surface area contributed by atoms with Crippen molar-refractivity contribution in [2.75, 3.05) is 5.32 Å². The number of carbonyl (C=O) groups is 2. The Hall–Kier alpha value is -2.17. The molecular weight excluding hydrogens is 254 g/mol. The fourth-order valence-electron chi connectivity index (χ4n) is 2.12. The van der Waals surface area contributed by atoms with Gasteiger partial charge < -0.3 is 5.32 Å². The molecule has 5 nitrogen and oxygen atoms in total. The largest absolute Gasteiger partial charge is 0.326 e. The maximum absolute atomic E-state index is 11.9. The topological polar surface area (TPSA) is 70.6 Å². The Bertz CT molecular complexity index is 586. The predicted octanol–water partition coefficient (Wildman–Crippen LogP) is 2.04. The van der Waals surface area contributed by atoms with E-state index >= 15 is 0 Å². The SMILES string of the molecule is CC1(C(=O)Nc2ccc(C3=NNC(=O)CC3)cc2)CC1. The third kappa shape index (κ3) is 2.57. The summed E-state index contributed by atoms with van der Waals surface area (Å²) in [5.41, 5.74) is 4.96. The van der Waals surface area contributed by atoms with Crippen molar-refractivity contribution < 1.29 is 9.59 Å². The number of amides is 2. The van der Waals surface area contributed by atoms with Gasteiger partial charge in [-0.15, -0.1) is 0 Å². The summed E-state index contributed by atoms with van der Waals surface area (Å²) in [6.45, 7) is 1.98. The van der Waals surface area contributed by atoms with E-state index in [-0.39, 0.29) is 17.2 Å². The van der Waals surface area contributed by atoms with E-state index in [9.17, 15) is 9.59 Å². The van der Waals surface area contributed by atoms with Gasteiger partial charge in [-0.1, -0.05) is 19.1 Å². The number of nitrogens with zero attached hydrogens (tertiary/aromatic N) is 1. The van der Waals surface area contributed by atoms with Crippen LogP contribution >= 0.6 is 0 Å². The molecule has 0 saturated heterocycles. The molecule has 20 heavy (non-hydrogen) atoms. The van der Waals surface area contributed by atoms with Crippen LogP contribution in [0.2, 0.25) is 0 Å². The highest BCUT2D eigenvalue weighted by Gasteiger charge is 2.44. The van der Waals surface area contributed by atoms with Gasteiger partial charge in [0.2, 0.25) is 11.8 Å². The van der Waals surface area contributed by atoms with Gasteiger partial charge in [0.25, 0.3) is 0 Å². The van der Waals surface area contributed by atoms with Crippen LogP contribution in [0, 0.1) is 5.41 Å². The summed E-state index contributed by atoms with van der Waals surface area (Å²) in [7, 11) is 0. The summed E-state index contributed by atoms with van der Waals surface area (Å²) in [4.78, 5) is 23.0. The van der Waals surface area contributed by atoms with Crippen LogP contribution in [0.25, 0.3) is 0 Å². The van der Waals surface area contributed by atoms with E-state index in [4.69, 9.17) is 0 Å². The maximum atomic E-state index is 11.9. The van der Waals surface area contributed by atoms with Crippen molar-refractivity contribution in [1.82, 2.24) is 5.43 Å². The average molecular weight is 271 g/mol. The fourth-order valence-corrected chi connectivity index (χ4v) is 2.12. The summed E-state index contributed by atoms with van der Waals surface area (Å²) in [6, 6.07) is 7.58. The van der Waals surface area contributed by atoms with Crippen LogP contribution in [0.3, 0.4) is 0 Å². The molecule has 0 radical (unpaired) electrons. The van der Waals surface area contributed by atoms with Crippen molar-refractivity contribution in [1.29, 1.82) is 0 Å². The minimum Gasteiger partial charge on any atom is -0.326 e. The molecule has 1 aliphatic carbocycles. The number of benzene rings is 1. The van der Waals surface area contributed by atoms with Crippen molar-refractivity contribution >= 4 is 23.2 Å². The van der Waals surface area contributed by atoms with Gasteiger partial charge in [0.15, 0.2) is 0 Å². The van der Waals surface area contributed by atoms with E-state index in [2.05, 4.69) is 15.8 Å². The molecule has 2 aliphatic rings. The number of nitrogens with one attached hydrogen (secondary N) is 2. The van der Waals surface area contributed by atoms with Crippen molar-refractivity contribution in [3.8, 4) is 0 Å². The highest BCUT2D eigenvalue weighted by molar-refractivity contribution is 6.04. The van der Waals surface area contributed by atoms with Crippen LogP contribution in [-0.4, -0.2) is 17.5 Å². The van der Waals surface area contributed by atoms with E-state index in [1.54, 1.807) is 0 Å². The Morgan fingerprint density at radius 3 is 2.50 bits per heavy atom. The molecule has 0 spiro atoms. The lowest BCUT2D eigenvalue weighted by Crippen LogP contribution is -2.26. The van der Waals surface area contributed by atoms with Gasteiger partial charge in [0, 0.05) is 23.9 Å². The van der Waals surface area contributed by atoms with E-state index in [1.807, 2.05) is 31.2 Å². The van der Waals surface area contributed by atoms with Crippen molar-refractivity contribution in [3.63, 3.8) is 0 Å². The fraction of sp³-hybridized carbons (Fsp3) is 0.400. The molecule has 1 saturated carbocycles. The Kier molecular flexibility index (Phi) is 3.04. The first-order valence-electron chi connectivity index (χ1n) is 6.84. The first-order chi connectivity index (χ1) is 9.57. The number of hydrazone groups is 1. The molecular formula is C15H17N3O2. The van der Waals surface area contributed by atoms with Crippen LogP contribution in [0.15, 0.2) is 29.4 Å². The summed E-state index contributed by atoms with van der Waals surface area (Å²) >= 11 is 0. The summed E-state index contributed by atoms with van der Waals surface area (Å²) in [5.74, 6) is 0.0443. The van der Waals surface area contributed by atoms with E-state index in [0.29, 0.717) is 12.8 Å². The first-order valence-corrected chi connectivity index (χ1v) is 6.84. The van der Waals surface area contributed by atoms with Gasteiger partial charge >= 0.3 is 0 Å². The molecule has 0 bridgehead atoms. The summed E-state index contributed by atoms with van der Waals surface area (Å²) < 4.78 is 0. The smallest absolute Gasteiger partial charge is 0.240 e. The second-order valence-electron chi connectivity index (χ2n) is 5.69. The number of rotatable bonds is 3. The zero-order valence-electron chi connectivity index (χ0n) is 11.4. The maximum Gasteiger partial charge on any atom is 0.240 e. The summed E-state index contributed by atoms with van der Waals surface area (Å²) in [5, 5.41) is 6.98. The van der Waals surface area contributed by atoms with Crippen molar-refractivity contribution in [2.45, 2.75) is 32.6 Å². The van der Waals surface area contributed by atoms with Gasteiger partial charge in [-0.2, -0.15) is 5.10 Å². The second-order valence-corrected chi connectivity index (χ2v) is 5.69. The minimum absolute atomic E-state index is 0.0460. The molecule has 0 atom stereocenters. The van der Waals surface area contributed by atoms with E-state index < -0.39 is 0 Å². The summed E-state index contributed by atoms with van der Waals surface area (Å²) in [6.07, 6.45) is 3.05. The van der Waals surface area contributed by atoms with Gasteiger partial charge in [0.05, 0.1) is 5.71 Å². The third-order valence-electron chi connectivity index (χ3n) is 3.93. The number of carbonyl (C=O) groups excluding carboxylic acids is 2. The van der Waals surface area contributed by atoms with Gasteiger partial charge in [0.1, 0.15) is 0 Å².